The Bertz CT molecular complexity index is 505. The van der Waals surface area contributed by atoms with E-state index in [0.29, 0.717) is 5.75 Å². The van der Waals surface area contributed by atoms with Gasteiger partial charge in [-0.3, -0.25) is 0 Å². The average molecular weight is 248 g/mol. The molecule has 0 spiro atoms. The average Bonchev–Trinajstić information content (AvgIpc) is 2.76. The van der Waals surface area contributed by atoms with E-state index in [1.807, 2.05) is 29.9 Å². The summed E-state index contributed by atoms with van der Waals surface area (Å²) < 4.78 is 7.07. The highest BCUT2D eigenvalue weighted by molar-refractivity contribution is 5.56. The van der Waals surface area contributed by atoms with Crippen molar-refractivity contribution in [1.29, 1.82) is 0 Å². The Morgan fingerprint density at radius 2 is 1.89 bits per heavy atom. The fraction of sp³-hybridized carbons (Fsp3) is 0.308. The van der Waals surface area contributed by atoms with E-state index in [0.717, 1.165) is 11.4 Å². The first-order chi connectivity index (χ1) is 8.58. The van der Waals surface area contributed by atoms with Crippen LogP contribution in [0.25, 0.3) is 11.4 Å². The summed E-state index contributed by atoms with van der Waals surface area (Å²) in [4.78, 5) is 4.24. The number of ether oxygens (including phenoxy) is 1. The van der Waals surface area contributed by atoms with E-state index in [1.54, 1.807) is 18.3 Å². The number of hydrogen-bond donors (Lipinski definition) is 2. The van der Waals surface area contributed by atoms with Gasteiger partial charge >= 0.3 is 0 Å². The van der Waals surface area contributed by atoms with Crippen molar-refractivity contribution >= 4 is 0 Å². The van der Waals surface area contributed by atoms with Crippen LogP contribution in [-0.2, 0) is 7.05 Å². The zero-order valence-corrected chi connectivity index (χ0v) is 10.3. The Balaban J connectivity index is 2.13. The van der Waals surface area contributed by atoms with Crippen molar-refractivity contribution in [2.75, 3.05) is 0 Å². The highest BCUT2D eigenvalue weighted by atomic mass is 16.6. The molecule has 0 bridgehead atoms. The second-order valence-electron chi connectivity index (χ2n) is 4.14. The Morgan fingerprint density at radius 3 is 2.39 bits per heavy atom. The van der Waals surface area contributed by atoms with Crippen molar-refractivity contribution in [2.45, 2.75) is 19.3 Å². The number of aliphatic hydroxyl groups excluding tert-OH is 2. The lowest BCUT2D eigenvalue weighted by Crippen LogP contribution is -2.28. The van der Waals surface area contributed by atoms with E-state index < -0.39 is 12.4 Å². The molecule has 0 aliphatic carbocycles. The highest BCUT2D eigenvalue weighted by Gasteiger charge is 2.12. The van der Waals surface area contributed by atoms with Crippen molar-refractivity contribution < 1.29 is 14.9 Å². The fourth-order valence-corrected chi connectivity index (χ4v) is 1.56. The number of aliphatic hydroxyl groups is 2. The molecule has 2 rings (SSSR count). The van der Waals surface area contributed by atoms with Gasteiger partial charge in [0, 0.05) is 25.0 Å². The van der Waals surface area contributed by atoms with Crippen LogP contribution in [0.3, 0.4) is 0 Å². The summed E-state index contributed by atoms with van der Waals surface area (Å²) in [5.74, 6) is 1.36. The van der Waals surface area contributed by atoms with E-state index >= 15 is 0 Å². The molecule has 2 atom stereocenters. The van der Waals surface area contributed by atoms with Crippen LogP contribution in [0.1, 0.15) is 6.92 Å². The van der Waals surface area contributed by atoms with Gasteiger partial charge in [-0.05, 0) is 31.2 Å². The lowest BCUT2D eigenvalue weighted by atomic mass is 10.2. The number of aryl methyl sites for hydroxylation is 1. The monoisotopic (exact) mass is 248 g/mol. The number of rotatable bonds is 4. The van der Waals surface area contributed by atoms with Gasteiger partial charge in [0.15, 0.2) is 0 Å². The van der Waals surface area contributed by atoms with Crippen LogP contribution in [0, 0.1) is 0 Å². The molecule has 5 heteroatoms. The zero-order chi connectivity index (χ0) is 13.1. The quantitative estimate of drug-likeness (QED) is 0.797. The first-order valence-corrected chi connectivity index (χ1v) is 5.68. The Morgan fingerprint density at radius 1 is 1.22 bits per heavy atom. The molecule has 0 saturated carbocycles. The molecule has 0 fully saturated rings. The fourth-order valence-electron chi connectivity index (χ4n) is 1.56. The van der Waals surface area contributed by atoms with Crippen LogP contribution in [0.5, 0.6) is 5.75 Å². The first-order valence-electron chi connectivity index (χ1n) is 5.68. The van der Waals surface area contributed by atoms with Gasteiger partial charge in [0.05, 0.1) is 0 Å². The Labute approximate surface area is 105 Å². The van der Waals surface area contributed by atoms with Gasteiger partial charge in [0.25, 0.3) is 0 Å². The van der Waals surface area contributed by atoms with Gasteiger partial charge in [0.2, 0.25) is 6.29 Å². The number of nitrogens with zero attached hydrogens (tertiary/aromatic N) is 2. The van der Waals surface area contributed by atoms with Crippen LogP contribution in [0.4, 0.5) is 0 Å². The molecule has 0 aliphatic rings. The summed E-state index contributed by atoms with van der Waals surface area (Å²) in [7, 11) is 1.92. The van der Waals surface area contributed by atoms with E-state index in [9.17, 15) is 5.11 Å². The third-order valence-electron chi connectivity index (χ3n) is 2.60. The second kappa shape index (κ2) is 5.20. The topological polar surface area (TPSA) is 67.5 Å². The summed E-state index contributed by atoms with van der Waals surface area (Å²) in [6, 6.07) is 7.17. The summed E-state index contributed by atoms with van der Waals surface area (Å²) in [6.45, 7) is 1.47. The Kier molecular flexibility index (Phi) is 3.64. The molecule has 0 radical (unpaired) electrons. The predicted molar refractivity (Wildman–Crippen MR) is 67.0 cm³/mol. The lowest BCUT2D eigenvalue weighted by molar-refractivity contribution is -0.0958. The SMILES string of the molecule is CC(O)C(O)Oc1ccc(-c2nccn2C)cc1. The molecule has 1 aromatic heterocycles. The number of aromatic nitrogens is 2. The molecule has 96 valence electrons. The first kappa shape index (κ1) is 12.6. The lowest BCUT2D eigenvalue weighted by Gasteiger charge is -2.15. The van der Waals surface area contributed by atoms with Crippen LogP contribution >= 0.6 is 0 Å². The van der Waals surface area contributed by atoms with Crippen LogP contribution in [0.15, 0.2) is 36.7 Å². The van der Waals surface area contributed by atoms with E-state index in [1.165, 1.54) is 6.92 Å². The van der Waals surface area contributed by atoms with Crippen LogP contribution < -0.4 is 4.74 Å². The maximum absolute atomic E-state index is 9.39. The van der Waals surface area contributed by atoms with Crippen molar-refractivity contribution in [3.63, 3.8) is 0 Å². The molecule has 2 unspecified atom stereocenters. The zero-order valence-electron chi connectivity index (χ0n) is 10.3. The summed E-state index contributed by atoms with van der Waals surface area (Å²) in [5.41, 5.74) is 0.960. The Hall–Kier alpha value is -1.85. The molecule has 2 N–H and O–H groups in total. The van der Waals surface area contributed by atoms with Crippen LogP contribution in [0.2, 0.25) is 0 Å². The minimum atomic E-state index is -1.22. The van der Waals surface area contributed by atoms with Gasteiger partial charge < -0.3 is 19.5 Å². The maximum Gasteiger partial charge on any atom is 0.223 e. The van der Waals surface area contributed by atoms with E-state index in [2.05, 4.69) is 4.98 Å². The normalized spacial score (nSPS) is 14.2. The van der Waals surface area contributed by atoms with Crippen molar-refractivity contribution in [1.82, 2.24) is 9.55 Å². The third-order valence-corrected chi connectivity index (χ3v) is 2.60. The van der Waals surface area contributed by atoms with Gasteiger partial charge in [0.1, 0.15) is 17.7 Å². The smallest absolute Gasteiger partial charge is 0.223 e. The molecule has 2 aromatic rings. The van der Waals surface area contributed by atoms with Gasteiger partial charge in [-0.1, -0.05) is 0 Å². The second-order valence-corrected chi connectivity index (χ2v) is 4.14. The summed E-state index contributed by atoms with van der Waals surface area (Å²) in [5, 5.41) is 18.5. The third kappa shape index (κ3) is 2.69. The van der Waals surface area contributed by atoms with E-state index in [4.69, 9.17) is 9.84 Å². The number of benzene rings is 1. The van der Waals surface area contributed by atoms with Crippen molar-refractivity contribution in [3.8, 4) is 17.1 Å². The van der Waals surface area contributed by atoms with E-state index in [-0.39, 0.29) is 0 Å². The summed E-state index contributed by atoms with van der Waals surface area (Å²) in [6.07, 6.45) is 1.46. The molecule has 0 saturated heterocycles. The predicted octanol–water partition coefficient (Wildman–Crippen LogP) is 1.17. The standard InChI is InChI=1S/C13H16N2O3/c1-9(16)13(17)18-11-5-3-10(4-6-11)12-14-7-8-15(12)2/h3-9,13,16-17H,1-2H3. The highest BCUT2D eigenvalue weighted by Crippen LogP contribution is 2.21. The minimum absolute atomic E-state index is 0.501. The maximum atomic E-state index is 9.39. The molecule has 0 aliphatic heterocycles. The van der Waals surface area contributed by atoms with Crippen LogP contribution in [-0.4, -0.2) is 32.2 Å². The van der Waals surface area contributed by atoms with Crippen molar-refractivity contribution in [2.24, 2.45) is 7.05 Å². The van der Waals surface area contributed by atoms with Gasteiger partial charge in [-0.15, -0.1) is 0 Å². The molecule has 0 amide bonds. The van der Waals surface area contributed by atoms with Gasteiger partial charge in [-0.2, -0.15) is 0 Å². The molecular weight excluding hydrogens is 232 g/mol. The summed E-state index contributed by atoms with van der Waals surface area (Å²) >= 11 is 0. The van der Waals surface area contributed by atoms with Gasteiger partial charge in [-0.25, -0.2) is 4.98 Å². The molecule has 1 heterocycles. The molecular formula is C13H16N2O3. The minimum Gasteiger partial charge on any atom is -0.462 e. The largest absolute Gasteiger partial charge is 0.462 e. The molecule has 5 nitrogen and oxygen atoms in total. The van der Waals surface area contributed by atoms with Crippen molar-refractivity contribution in [3.05, 3.63) is 36.7 Å². The number of imidazole rings is 1. The number of hydrogen-bond acceptors (Lipinski definition) is 4. The molecule has 18 heavy (non-hydrogen) atoms. The molecule has 1 aromatic carbocycles.